The van der Waals surface area contributed by atoms with E-state index in [1.165, 1.54) is 5.57 Å². The number of amides is 1. The zero-order valence-corrected chi connectivity index (χ0v) is 40.0. The summed E-state index contributed by atoms with van der Waals surface area (Å²) in [6.45, 7) is 24.8. The summed E-state index contributed by atoms with van der Waals surface area (Å²) in [6.07, 6.45) is 7.28. The molecule has 11 atom stereocenters. The van der Waals surface area contributed by atoms with Crippen molar-refractivity contribution in [2.75, 3.05) is 13.1 Å². The Morgan fingerprint density at radius 3 is 2.18 bits per heavy atom. The molecule has 0 spiro atoms. The Bertz CT molecular complexity index is 2010. The van der Waals surface area contributed by atoms with Crippen molar-refractivity contribution in [2.24, 2.45) is 68.0 Å². The Balaban J connectivity index is 1.08. The first-order valence-electron chi connectivity index (χ1n) is 23.1. The molecule has 5 fully saturated rings. The second kappa shape index (κ2) is 15.6. The molecule has 1 aromatic rings. The average molecular weight is 884 g/mol. The number of hydrogen-bond acceptors (Lipinski definition) is 7. The summed E-state index contributed by atoms with van der Waals surface area (Å²) in [5, 5.41) is 29.3. The fraction of sp³-hybridized carbons (Fsp3) is 0.760. The van der Waals surface area contributed by atoms with Gasteiger partial charge in [-0.05, 0) is 141 Å². The van der Waals surface area contributed by atoms with E-state index >= 15 is 0 Å². The van der Waals surface area contributed by atoms with Gasteiger partial charge in [-0.1, -0.05) is 91.1 Å². The van der Waals surface area contributed by atoms with Crippen molar-refractivity contribution < 1.29 is 34.1 Å². The van der Waals surface area contributed by atoms with Crippen LogP contribution in [-0.4, -0.2) is 64.7 Å². The lowest BCUT2D eigenvalue weighted by molar-refractivity contribution is -0.238. The molecule has 11 heteroatoms. The number of esters is 1. The van der Waals surface area contributed by atoms with Crippen molar-refractivity contribution in [2.45, 2.75) is 158 Å². The van der Waals surface area contributed by atoms with Crippen LogP contribution in [0.4, 0.5) is 0 Å². The van der Waals surface area contributed by atoms with Gasteiger partial charge < -0.3 is 25.6 Å². The van der Waals surface area contributed by atoms with Gasteiger partial charge in [0, 0.05) is 41.4 Å². The van der Waals surface area contributed by atoms with Gasteiger partial charge in [0.15, 0.2) is 5.78 Å². The van der Waals surface area contributed by atoms with Gasteiger partial charge in [-0.2, -0.15) is 0 Å². The molecule has 0 heterocycles. The average Bonchev–Trinajstić information content (AvgIpc) is 3.46. The van der Waals surface area contributed by atoms with Gasteiger partial charge in [0.2, 0.25) is 0 Å². The minimum absolute atomic E-state index is 0.00912. The quantitative estimate of drug-likeness (QED) is 0.161. The van der Waals surface area contributed by atoms with Gasteiger partial charge in [-0.3, -0.25) is 19.2 Å². The summed E-state index contributed by atoms with van der Waals surface area (Å²) in [5.41, 5.74) is 0.433. The van der Waals surface area contributed by atoms with Gasteiger partial charge in [0.1, 0.15) is 6.10 Å². The minimum Gasteiger partial charge on any atom is -0.481 e. The van der Waals surface area contributed by atoms with Crippen LogP contribution >= 0.6 is 23.2 Å². The second-order valence-corrected chi connectivity index (χ2v) is 24.1. The SMILES string of the molecule is CC(C)C1=C2[C@H]3CC[C@@H]4[C@@]5(C)CC[C@H](OC(=O)[C@H]6C[C@@H](C(=O)O)C6(C)C)C(C)(C)[C@@H]5CC[C@@]4(C)[C@]3(C)CC[C@@]2([C@@H](O)CNCC(C)(C)NC(=O)c2ccc(Cl)c(Cl)c2)CC1=O. The first kappa shape index (κ1) is 46.5. The van der Waals surface area contributed by atoms with Gasteiger partial charge in [-0.15, -0.1) is 0 Å². The number of rotatable bonds is 11. The Morgan fingerprint density at radius 1 is 0.869 bits per heavy atom. The van der Waals surface area contributed by atoms with E-state index in [9.17, 15) is 29.4 Å². The number of nitrogens with one attached hydrogen (secondary N) is 2. The highest BCUT2D eigenvalue weighted by molar-refractivity contribution is 6.42. The monoisotopic (exact) mass is 882 g/mol. The number of ketones is 1. The number of benzene rings is 1. The summed E-state index contributed by atoms with van der Waals surface area (Å²) in [4.78, 5) is 52.8. The topological polar surface area (TPSA) is 142 Å². The summed E-state index contributed by atoms with van der Waals surface area (Å²) in [5.74, 6) is -1.02. The van der Waals surface area contributed by atoms with Crippen LogP contribution in [0.1, 0.15) is 151 Å². The molecular weight excluding hydrogens is 811 g/mol. The number of carbonyl (C=O) groups excluding carboxylic acids is 3. The Morgan fingerprint density at radius 2 is 1.56 bits per heavy atom. The molecule has 5 saturated carbocycles. The fourth-order valence-electron chi connectivity index (χ4n) is 15.0. The molecule has 0 unspecified atom stereocenters. The van der Waals surface area contributed by atoms with Gasteiger partial charge in [0.05, 0.1) is 28.0 Å². The predicted octanol–water partition coefficient (Wildman–Crippen LogP) is 10.1. The van der Waals surface area contributed by atoms with Crippen LogP contribution in [0.2, 0.25) is 10.0 Å². The number of halogens is 2. The van der Waals surface area contributed by atoms with Crippen molar-refractivity contribution in [3.63, 3.8) is 0 Å². The molecule has 0 radical (unpaired) electrons. The van der Waals surface area contributed by atoms with Gasteiger partial charge >= 0.3 is 11.9 Å². The summed E-state index contributed by atoms with van der Waals surface area (Å²) < 4.78 is 6.42. The number of ether oxygens (including phenoxy) is 1. The molecule has 338 valence electrons. The highest BCUT2D eigenvalue weighted by atomic mass is 35.5. The third kappa shape index (κ3) is 7.24. The largest absolute Gasteiger partial charge is 0.481 e. The molecule has 0 aromatic heterocycles. The molecule has 1 amide bonds. The van der Waals surface area contributed by atoms with E-state index in [0.29, 0.717) is 53.4 Å². The summed E-state index contributed by atoms with van der Waals surface area (Å²) >= 11 is 12.3. The van der Waals surface area contributed by atoms with Crippen LogP contribution in [0.25, 0.3) is 0 Å². The maximum Gasteiger partial charge on any atom is 0.309 e. The number of carbonyl (C=O) groups is 4. The zero-order chi connectivity index (χ0) is 45.0. The second-order valence-electron chi connectivity index (χ2n) is 23.3. The molecule has 61 heavy (non-hydrogen) atoms. The lowest BCUT2D eigenvalue weighted by Gasteiger charge is -2.72. The number of carboxylic acid groups (broad SMARTS) is 1. The number of allylic oxidation sites excluding steroid dienone is 1. The van der Waals surface area contributed by atoms with Crippen LogP contribution in [-0.2, 0) is 19.1 Å². The van der Waals surface area contributed by atoms with Crippen LogP contribution < -0.4 is 10.6 Å². The molecule has 0 saturated heterocycles. The van der Waals surface area contributed by atoms with E-state index < -0.39 is 40.3 Å². The molecule has 9 nitrogen and oxygen atoms in total. The van der Waals surface area contributed by atoms with Crippen molar-refractivity contribution in [1.82, 2.24) is 10.6 Å². The molecule has 7 rings (SSSR count). The van der Waals surface area contributed by atoms with E-state index in [2.05, 4.69) is 59.1 Å². The molecule has 0 bridgehead atoms. The van der Waals surface area contributed by atoms with E-state index in [0.717, 1.165) is 56.9 Å². The first-order valence-corrected chi connectivity index (χ1v) is 23.8. The molecule has 6 aliphatic carbocycles. The highest BCUT2D eigenvalue weighted by Crippen LogP contribution is 2.77. The summed E-state index contributed by atoms with van der Waals surface area (Å²) in [7, 11) is 0. The van der Waals surface area contributed by atoms with E-state index in [-0.39, 0.29) is 57.3 Å². The lowest BCUT2D eigenvalue weighted by atomic mass is 9.33. The van der Waals surface area contributed by atoms with Crippen LogP contribution in [0.3, 0.4) is 0 Å². The number of fused-ring (bicyclic) bond motifs is 7. The maximum absolute atomic E-state index is 14.2. The fourth-order valence-corrected chi connectivity index (χ4v) is 15.3. The summed E-state index contributed by atoms with van der Waals surface area (Å²) in [6, 6.07) is 4.81. The standard InChI is InChI=1S/C50H72Cl2N2O7/c1-27(2)39-34(55)24-50(37(56)25-53-26-44(3,4)54-41(57)28-12-14-32(51)33(52)22-28)21-20-48(10)29(40(39)50)13-15-36-47(9)18-17-38(46(7,8)35(47)16-19-49(36,48)11)61-43(60)31-23-30(42(58)59)45(31,5)6/h12,14,22,27,29-31,35-38,53,56H,13,15-21,23-26H2,1-11H3,(H,54,57)(H,58,59)/t29-,30+,31-,35+,36-,37+,38+,47+,48-,49-,50+/m1/s1. The highest BCUT2D eigenvalue weighted by Gasteiger charge is 2.71. The van der Waals surface area contributed by atoms with Crippen molar-refractivity contribution >= 4 is 46.8 Å². The minimum atomic E-state index is -0.842. The molecule has 0 aliphatic heterocycles. The zero-order valence-electron chi connectivity index (χ0n) is 38.5. The van der Waals surface area contributed by atoms with Crippen LogP contribution in [0.15, 0.2) is 29.3 Å². The first-order chi connectivity index (χ1) is 28.2. The van der Waals surface area contributed by atoms with Crippen LogP contribution in [0, 0.1) is 68.0 Å². The number of aliphatic hydroxyl groups excluding tert-OH is 1. The lowest BCUT2D eigenvalue weighted by Crippen LogP contribution is -2.66. The van der Waals surface area contributed by atoms with Gasteiger partial charge in [-0.25, -0.2) is 0 Å². The Hall–Kier alpha value is -2.46. The van der Waals surface area contributed by atoms with E-state index in [1.54, 1.807) is 18.2 Å². The van der Waals surface area contributed by atoms with E-state index in [4.69, 9.17) is 27.9 Å². The number of aliphatic hydroxyl groups is 1. The maximum atomic E-state index is 14.2. The van der Waals surface area contributed by atoms with Crippen molar-refractivity contribution in [1.29, 1.82) is 0 Å². The van der Waals surface area contributed by atoms with E-state index in [1.807, 2.05) is 27.7 Å². The molecule has 6 aliphatic rings. The number of Topliss-reactive ketones (excluding diaryl/α,β-unsaturated/α-hetero) is 1. The molecule has 1 aromatic carbocycles. The van der Waals surface area contributed by atoms with Crippen LogP contribution in [0.5, 0.6) is 0 Å². The number of carboxylic acids is 1. The molecule has 4 N–H and O–H groups in total. The predicted molar refractivity (Wildman–Crippen MR) is 239 cm³/mol. The van der Waals surface area contributed by atoms with Crippen molar-refractivity contribution in [3.8, 4) is 0 Å². The Kier molecular flexibility index (Phi) is 11.9. The molecular formula is C50H72Cl2N2O7. The third-order valence-corrected chi connectivity index (χ3v) is 19.4. The van der Waals surface area contributed by atoms with Crippen molar-refractivity contribution in [3.05, 3.63) is 45.0 Å². The van der Waals surface area contributed by atoms with Gasteiger partial charge in [0.25, 0.3) is 5.91 Å². The smallest absolute Gasteiger partial charge is 0.309 e. The Labute approximate surface area is 374 Å². The third-order valence-electron chi connectivity index (χ3n) is 18.7. The number of hydrogen-bond donors (Lipinski definition) is 4. The normalized spacial score (nSPS) is 38.0. The number of aliphatic carboxylic acids is 1.